The van der Waals surface area contributed by atoms with Gasteiger partial charge in [0.15, 0.2) is 0 Å². The van der Waals surface area contributed by atoms with Crippen molar-refractivity contribution in [2.75, 3.05) is 63.8 Å². The maximum Gasteiger partial charge on any atom is 0.236 e. The predicted octanol–water partition coefficient (Wildman–Crippen LogP) is 3.25. The van der Waals surface area contributed by atoms with E-state index in [9.17, 15) is 4.79 Å². The van der Waals surface area contributed by atoms with E-state index in [0.29, 0.717) is 12.5 Å². The molecule has 3 fully saturated rings. The van der Waals surface area contributed by atoms with Crippen molar-refractivity contribution >= 4 is 23.2 Å². The van der Waals surface area contributed by atoms with Crippen LogP contribution in [-0.4, -0.2) is 85.6 Å². The third kappa shape index (κ3) is 5.25. The van der Waals surface area contributed by atoms with Gasteiger partial charge in [0, 0.05) is 69.1 Å². The minimum absolute atomic E-state index is 0.306. The van der Waals surface area contributed by atoms with Crippen molar-refractivity contribution in [1.82, 2.24) is 14.7 Å². The molecule has 5 nitrogen and oxygen atoms in total. The zero-order valence-corrected chi connectivity index (χ0v) is 18.5. The summed E-state index contributed by atoms with van der Waals surface area (Å²) in [6.45, 7) is 10.4. The molecule has 0 bridgehead atoms. The van der Waals surface area contributed by atoms with Crippen LogP contribution in [0.1, 0.15) is 37.7 Å². The fourth-order valence-electron chi connectivity index (χ4n) is 5.14. The largest absolute Gasteiger partial charge is 0.369 e. The van der Waals surface area contributed by atoms with Gasteiger partial charge < -0.3 is 9.80 Å². The highest BCUT2D eigenvalue weighted by atomic mass is 35.5. The first-order valence-electron chi connectivity index (χ1n) is 11.4. The Kier molecular flexibility index (Phi) is 6.99. The Labute approximate surface area is 180 Å². The van der Waals surface area contributed by atoms with Gasteiger partial charge in [-0.3, -0.25) is 14.6 Å². The summed E-state index contributed by atoms with van der Waals surface area (Å²) in [4.78, 5) is 22.3. The van der Waals surface area contributed by atoms with E-state index in [1.807, 2.05) is 6.07 Å². The lowest BCUT2D eigenvalue weighted by Crippen LogP contribution is -2.55. The smallest absolute Gasteiger partial charge is 0.236 e. The molecule has 2 saturated heterocycles. The average Bonchev–Trinajstić information content (AvgIpc) is 2.77. The fraction of sp³-hybridized carbons (Fsp3) is 0.696. The Morgan fingerprint density at radius 3 is 2.34 bits per heavy atom. The van der Waals surface area contributed by atoms with Crippen LogP contribution in [0.5, 0.6) is 0 Å². The van der Waals surface area contributed by atoms with Crippen molar-refractivity contribution in [1.29, 1.82) is 0 Å². The molecule has 1 aliphatic carbocycles. The van der Waals surface area contributed by atoms with Crippen LogP contribution >= 0.6 is 11.6 Å². The summed E-state index contributed by atoms with van der Waals surface area (Å²) in [5, 5.41) is 0.788. The molecule has 1 aromatic carbocycles. The van der Waals surface area contributed by atoms with Crippen molar-refractivity contribution in [3.05, 3.63) is 28.8 Å². The minimum atomic E-state index is 0.306. The number of aryl methyl sites for hydroxylation is 1. The lowest BCUT2D eigenvalue weighted by Gasteiger charge is -2.42. The zero-order chi connectivity index (χ0) is 20.2. The lowest BCUT2D eigenvalue weighted by atomic mass is 9.94. The number of amides is 1. The number of anilines is 1. The topological polar surface area (TPSA) is 30.0 Å². The molecule has 0 unspecified atom stereocenters. The Balaban J connectivity index is 1.21. The summed E-state index contributed by atoms with van der Waals surface area (Å²) in [5.41, 5.74) is 2.48. The maximum atomic E-state index is 12.8. The van der Waals surface area contributed by atoms with Gasteiger partial charge in [-0.25, -0.2) is 0 Å². The number of piperazine rings is 2. The highest BCUT2D eigenvalue weighted by Crippen LogP contribution is 2.26. The van der Waals surface area contributed by atoms with Gasteiger partial charge >= 0.3 is 0 Å². The number of benzene rings is 1. The van der Waals surface area contributed by atoms with Crippen LogP contribution < -0.4 is 4.90 Å². The van der Waals surface area contributed by atoms with Crippen molar-refractivity contribution in [2.24, 2.45) is 0 Å². The van der Waals surface area contributed by atoms with E-state index >= 15 is 0 Å². The third-order valence-electron chi connectivity index (χ3n) is 7.00. The molecule has 0 atom stereocenters. The summed E-state index contributed by atoms with van der Waals surface area (Å²) in [6, 6.07) is 6.86. The monoisotopic (exact) mass is 418 g/mol. The van der Waals surface area contributed by atoms with Crippen LogP contribution in [0.2, 0.25) is 5.02 Å². The van der Waals surface area contributed by atoms with Crippen LogP contribution in [0, 0.1) is 6.92 Å². The molecule has 2 aliphatic heterocycles. The fourth-order valence-corrected chi connectivity index (χ4v) is 5.31. The van der Waals surface area contributed by atoms with Crippen LogP contribution in [0.3, 0.4) is 0 Å². The highest BCUT2D eigenvalue weighted by molar-refractivity contribution is 6.30. The van der Waals surface area contributed by atoms with E-state index in [4.69, 9.17) is 11.6 Å². The minimum Gasteiger partial charge on any atom is -0.369 e. The van der Waals surface area contributed by atoms with Crippen molar-refractivity contribution < 1.29 is 4.79 Å². The molecule has 29 heavy (non-hydrogen) atoms. The van der Waals surface area contributed by atoms with E-state index in [1.165, 1.54) is 43.4 Å². The number of nitrogens with zero attached hydrogens (tertiary/aromatic N) is 4. The molecule has 0 aromatic heterocycles. The first kappa shape index (κ1) is 21.0. The van der Waals surface area contributed by atoms with Gasteiger partial charge in [0.1, 0.15) is 0 Å². The SMILES string of the molecule is Cc1ccc(Cl)cc1N1CCN(CC(=O)N2CCN(C3CCCCC3)CC2)CC1. The first-order valence-corrected chi connectivity index (χ1v) is 11.7. The van der Waals surface area contributed by atoms with E-state index in [1.54, 1.807) is 0 Å². The summed E-state index contributed by atoms with van der Waals surface area (Å²) in [7, 11) is 0. The van der Waals surface area contributed by atoms with Crippen LogP contribution in [0.4, 0.5) is 5.69 Å². The maximum absolute atomic E-state index is 12.8. The number of carbonyl (C=O) groups excluding carboxylic acids is 1. The molecule has 3 aliphatic rings. The summed E-state index contributed by atoms with van der Waals surface area (Å²) in [5.74, 6) is 0.306. The molecule has 0 N–H and O–H groups in total. The van der Waals surface area contributed by atoms with E-state index in [-0.39, 0.29) is 0 Å². The predicted molar refractivity (Wildman–Crippen MR) is 120 cm³/mol. The van der Waals surface area contributed by atoms with Crippen LogP contribution in [0.25, 0.3) is 0 Å². The van der Waals surface area contributed by atoms with E-state index in [2.05, 4.69) is 38.7 Å². The molecular formula is C23H35ClN4O. The lowest BCUT2D eigenvalue weighted by molar-refractivity contribution is -0.134. The summed E-state index contributed by atoms with van der Waals surface area (Å²) < 4.78 is 0. The molecule has 4 rings (SSSR count). The molecule has 0 radical (unpaired) electrons. The van der Waals surface area contributed by atoms with Crippen molar-refractivity contribution in [3.8, 4) is 0 Å². The van der Waals surface area contributed by atoms with Gasteiger partial charge in [-0.05, 0) is 37.5 Å². The van der Waals surface area contributed by atoms with Crippen molar-refractivity contribution in [3.63, 3.8) is 0 Å². The summed E-state index contributed by atoms with van der Waals surface area (Å²) >= 11 is 6.19. The van der Waals surface area contributed by atoms with Gasteiger partial charge in [0.05, 0.1) is 6.54 Å². The average molecular weight is 419 g/mol. The Morgan fingerprint density at radius 2 is 1.66 bits per heavy atom. The quantitative estimate of drug-likeness (QED) is 0.750. The van der Waals surface area contributed by atoms with E-state index in [0.717, 1.165) is 63.4 Å². The Hall–Kier alpha value is -1.30. The van der Waals surface area contributed by atoms with E-state index < -0.39 is 0 Å². The zero-order valence-electron chi connectivity index (χ0n) is 17.8. The third-order valence-corrected chi connectivity index (χ3v) is 7.24. The van der Waals surface area contributed by atoms with Gasteiger partial charge in [-0.15, -0.1) is 0 Å². The Bertz CT molecular complexity index is 690. The Morgan fingerprint density at radius 1 is 0.966 bits per heavy atom. The molecular weight excluding hydrogens is 384 g/mol. The molecule has 2 heterocycles. The van der Waals surface area contributed by atoms with Gasteiger partial charge in [-0.1, -0.05) is 36.9 Å². The highest BCUT2D eigenvalue weighted by Gasteiger charge is 2.28. The second kappa shape index (κ2) is 9.67. The number of carbonyl (C=O) groups is 1. The standard InChI is InChI=1S/C23H35ClN4O/c1-19-7-8-20(24)17-22(19)27-11-9-25(10-12-27)18-23(29)28-15-13-26(14-16-28)21-5-3-2-4-6-21/h7-8,17,21H,2-6,9-16,18H2,1H3. The van der Waals surface area contributed by atoms with Gasteiger partial charge in [-0.2, -0.15) is 0 Å². The number of hydrogen-bond acceptors (Lipinski definition) is 4. The molecule has 1 amide bonds. The van der Waals surface area contributed by atoms with Gasteiger partial charge in [0.2, 0.25) is 5.91 Å². The second-order valence-electron chi connectivity index (χ2n) is 8.90. The van der Waals surface area contributed by atoms with Crippen LogP contribution in [-0.2, 0) is 4.79 Å². The molecule has 160 valence electrons. The summed E-state index contributed by atoms with van der Waals surface area (Å²) in [6.07, 6.45) is 6.86. The van der Waals surface area contributed by atoms with Gasteiger partial charge in [0.25, 0.3) is 0 Å². The molecule has 1 aromatic rings. The number of halogens is 1. The van der Waals surface area contributed by atoms with Crippen molar-refractivity contribution in [2.45, 2.75) is 45.1 Å². The molecule has 1 saturated carbocycles. The first-order chi connectivity index (χ1) is 14.1. The van der Waals surface area contributed by atoms with Crippen LogP contribution in [0.15, 0.2) is 18.2 Å². The molecule has 0 spiro atoms. The number of hydrogen-bond donors (Lipinski definition) is 0. The second-order valence-corrected chi connectivity index (χ2v) is 9.34. The normalized spacial score (nSPS) is 22.8. The molecule has 6 heteroatoms. The number of rotatable bonds is 4.